The van der Waals surface area contributed by atoms with Crippen molar-refractivity contribution in [2.24, 2.45) is 0 Å². The molecule has 0 saturated carbocycles. The highest BCUT2D eigenvalue weighted by Gasteiger charge is 2.24. The summed E-state index contributed by atoms with van der Waals surface area (Å²) in [5.41, 5.74) is 0. The van der Waals surface area contributed by atoms with Crippen molar-refractivity contribution in [3.8, 4) is 5.75 Å². The molecule has 17 heavy (non-hydrogen) atoms. The van der Waals surface area contributed by atoms with E-state index in [-0.39, 0.29) is 5.91 Å². The second-order valence-electron chi connectivity index (χ2n) is 4.22. The zero-order valence-electron chi connectivity index (χ0n) is 9.86. The normalized spacial score (nSPS) is 16.9. The van der Waals surface area contributed by atoms with Crippen LogP contribution in [0.25, 0.3) is 0 Å². The maximum atomic E-state index is 12.0. The van der Waals surface area contributed by atoms with Gasteiger partial charge in [-0.1, -0.05) is 23.7 Å². The number of ether oxygens (including phenoxy) is 1. The maximum absolute atomic E-state index is 12.0. The molecule has 1 aromatic rings. The molecule has 0 N–H and O–H groups in total. The molecule has 0 bridgehead atoms. The highest BCUT2D eigenvalue weighted by atomic mass is 35.5. The van der Waals surface area contributed by atoms with Crippen LogP contribution in [0.5, 0.6) is 5.75 Å². The molecule has 1 aliphatic rings. The van der Waals surface area contributed by atoms with Crippen molar-refractivity contribution in [2.45, 2.75) is 25.9 Å². The summed E-state index contributed by atoms with van der Waals surface area (Å²) >= 11 is 5.98. The molecule has 0 aromatic heterocycles. The number of rotatable bonds is 3. The minimum Gasteiger partial charge on any atom is -0.479 e. The topological polar surface area (TPSA) is 29.5 Å². The van der Waals surface area contributed by atoms with Gasteiger partial charge in [0.15, 0.2) is 6.10 Å². The van der Waals surface area contributed by atoms with E-state index in [4.69, 9.17) is 16.3 Å². The predicted octanol–water partition coefficient (Wildman–Crippen LogP) is 2.73. The zero-order valence-corrected chi connectivity index (χ0v) is 10.6. The van der Waals surface area contributed by atoms with E-state index in [1.807, 2.05) is 17.0 Å². The summed E-state index contributed by atoms with van der Waals surface area (Å²) in [7, 11) is 0. The lowest BCUT2D eigenvalue weighted by atomic mass is 10.3. The smallest absolute Gasteiger partial charge is 0.263 e. The first-order valence-electron chi connectivity index (χ1n) is 5.88. The van der Waals surface area contributed by atoms with Gasteiger partial charge in [0, 0.05) is 13.1 Å². The van der Waals surface area contributed by atoms with Crippen molar-refractivity contribution >= 4 is 17.5 Å². The lowest BCUT2D eigenvalue weighted by molar-refractivity contribution is -0.136. The van der Waals surface area contributed by atoms with E-state index in [0.717, 1.165) is 25.9 Å². The number of amides is 1. The molecule has 92 valence electrons. The summed E-state index contributed by atoms with van der Waals surface area (Å²) < 4.78 is 5.60. The number of carbonyl (C=O) groups excluding carboxylic acids is 1. The predicted molar refractivity (Wildman–Crippen MR) is 67.4 cm³/mol. The Morgan fingerprint density at radius 3 is 2.65 bits per heavy atom. The number of carbonyl (C=O) groups is 1. The molecule has 4 heteroatoms. The molecule has 0 spiro atoms. The second kappa shape index (κ2) is 5.41. The maximum Gasteiger partial charge on any atom is 0.263 e. The Morgan fingerprint density at radius 1 is 1.35 bits per heavy atom. The Labute approximate surface area is 106 Å². The van der Waals surface area contributed by atoms with Crippen LogP contribution in [0.4, 0.5) is 0 Å². The summed E-state index contributed by atoms with van der Waals surface area (Å²) in [4.78, 5) is 13.9. The summed E-state index contributed by atoms with van der Waals surface area (Å²) in [5, 5.41) is 0.536. The lowest BCUT2D eigenvalue weighted by Crippen LogP contribution is -2.38. The van der Waals surface area contributed by atoms with E-state index in [2.05, 4.69) is 0 Å². The van der Waals surface area contributed by atoms with E-state index in [9.17, 15) is 4.79 Å². The third-order valence-electron chi connectivity index (χ3n) is 2.91. The van der Waals surface area contributed by atoms with Crippen molar-refractivity contribution < 1.29 is 9.53 Å². The molecule has 1 amide bonds. The number of hydrogen-bond acceptors (Lipinski definition) is 2. The summed E-state index contributed by atoms with van der Waals surface area (Å²) in [6.45, 7) is 3.45. The molecular weight excluding hydrogens is 238 g/mol. The first kappa shape index (κ1) is 12.2. The van der Waals surface area contributed by atoms with Gasteiger partial charge >= 0.3 is 0 Å². The lowest BCUT2D eigenvalue weighted by Gasteiger charge is -2.21. The van der Waals surface area contributed by atoms with Crippen LogP contribution in [-0.4, -0.2) is 30.0 Å². The molecule has 0 radical (unpaired) electrons. The van der Waals surface area contributed by atoms with Crippen LogP contribution in [0.15, 0.2) is 24.3 Å². The highest BCUT2D eigenvalue weighted by molar-refractivity contribution is 6.32. The first-order valence-corrected chi connectivity index (χ1v) is 6.26. The molecule has 1 aliphatic heterocycles. The molecule has 2 rings (SSSR count). The fourth-order valence-electron chi connectivity index (χ4n) is 1.98. The van der Waals surface area contributed by atoms with Crippen molar-refractivity contribution in [1.29, 1.82) is 0 Å². The van der Waals surface area contributed by atoms with Gasteiger partial charge in [-0.3, -0.25) is 4.79 Å². The number of nitrogens with zero attached hydrogens (tertiary/aromatic N) is 1. The molecule has 1 atom stereocenters. The SMILES string of the molecule is CC(Oc1ccccc1Cl)C(=O)N1CCCC1. The summed E-state index contributed by atoms with van der Waals surface area (Å²) in [5.74, 6) is 0.608. The Bertz CT molecular complexity index is 402. The molecule has 1 saturated heterocycles. The molecular formula is C13H16ClNO2. The van der Waals surface area contributed by atoms with Gasteiger partial charge in [-0.15, -0.1) is 0 Å². The molecule has 1 fully saturated rings. The Balaban J connectivity index is 1.99. The Hall–Kier alpha value is -1.22. The van der Waals surface area contributed by atoms with Gasteiger partial charge in [-0.05, 0) is 31.9 Å². The van der Waals surface area contributed by atoms with Crippen LogP contribution in [-0.2, 0) is 4.79 Å². The number of likely N-dealkylation sites (tertiary alicyclic amines) is 1. The van der Waals surface area contributed by atoms with Gasteiger partial charge in [0.05, 0.1) is 5.02 Å². The van der Waals surface area contributed by atoms with Crippen LogP contribution in [0.1, 0.15) is 19.8 Å². The highest BCUT2D eigenvalue weighted by Crippen LogP contribution is 2.24. The monoisotopic (exact) mass is 253 g/mol. The van der Waals surface area contributed by atoms with Gasteiger partial charge in [-0.25, -0.2) is 0 Å². The van der Waals surface area contributed by atoms with Gasteiger partial charge in [0.25, 0.3) is 5.91 Å². The number of halogens is 1. The molecule has 1 heterocycles. The summed E-state index contributed by atoms with van der Waals surface area (Å²) in [6, 6.07) is 7.20. The number of hydrogen-bond donors (Lipinski definition) is 0. The standard InChI is InChI=1S/C13H16ClNO2/c1-10(13(16)15-8-4-5-9-15)17-12-7-3-2-6-11(12)14/h2-3,6-7,10H,4-5,8-9H2,1H3. The van der Waals surface area contributed by atoms with Crippen molar-refractivity contribution in [3.63, 3.8) is 0 Å². The Kier molecular flexibility index (Phi) is 3.89. The second-order valence-corrected chi connectivity index (χ2v) is 4.63. The number of benzene rings is 1. The fourth-order valence-corrected chi connectivity index (χ4v) is 2.16. The van der Waals surface area contributed by atoms with E-state index in [1.165, 1.54) is 0 Å². The van der Waals surface area contributed by atoms with Crippen molar-refractivity contribution in [3.05, 3.63) is 29.3 Å². The quantitative estimate of drug-likeness (QED) is 0.829. The molecule has 0 aliphatic carbocycles. The van der Waals surface area contributed by atoms with Crippen LogP contribution >= 0.6 is 11.6 Å². The summed E-state index contributed by atoms with van der Waals surface area (Å²) in [6.07, 6.45) is 1.70. The third kappa shape index (κ3) is 2.91. The molecule has 1 aromatic carbocycles. The van der Waals surface area contributed by atoms with E-state index < -0.39 is 6.10 Å². The molecule has 1 unspecified atom stereocenters. The third-order valence-corrected chi connectivity index (χ3v) is 3.22. The van der Waals surface area contributed by atoms with Crippen LogP contribution < -0.4 is 4.74 Å². The van der Waals surface area contributed by atoms with Crippen LogP contribution in [0, 0.1) is 0 Å². The van der Waals surface area contributed by atoms with Gasteiger partial charge in [0.1, 0.15) is 5.75 Å². The average Bonchev–Trinajstić information content (AvgIpc) is 2.84. The van der Waals surface area contributed by atoms with Crippen molar-refractivity contribution in [2.75, 3.05) is 13.1 Å². The fraction of sp³-hybridized carbons (Fsp3) is 0.462. The van der Waals surface area contributed by atoms with Crippen molar-refractivity contribution in [1.82, 2.24) is 4.90 Å². The van der Waals surface area contributed by atoms with E-state index >= 15 is 0 Å². The largest absolute Gasteiger partial charge is 0.479 e. The van der Waals surface area contributed by atoms with Gasteiger partial charge in [0.2, 0.25) is 0 Å². The van der Waals surface area contributed by atoms with Crippen LogP contribution in [0.2, 0.25) is 5.02 Å². The molecule has 3 nitrogen and oxygen atoms in total. The average molecular weight is 254 g/mol. The van der Waals surface area contributed by atoms with E-state index in [0.29, 0.717) is 10.8 Å². The first-order chi connectivity index (χ1) is 8.18. The minimum absolute atomic E-state index is 0.0439. The Morgan fingerprint density at radius 2 is 2.00 bits per heavy atom. The van der Waals surface area contributed by atoms with Crippen LogP contribution in [0.3, 0.4) is 0 Å². The minimum atomic E-state index is -0.479. The zero-order chi connectivity index (χ0) is 12.3. The van der Waals surface area contributed by atoms with Gasteiger partial charge < -0.3 is 9.64 Å². The van der Waals surface area contributed by atoms with E-state index in [1.54, 1.807) is 19.1 Å². The van der Waals surface area contributed by atoms with Gasteiger partial charge in [-0.2, -0.15) is 0 Å². The number of para-hydroxylation sites is 1.